The summed E-state index contributed by atoms with van der Waals surface area (Å²) in [6.45, 7) is 5.13. The molecule has 51 heavy (non-hydrogen) atoms. The van der Waals surface area contributed by atoms with Gasteiger partial charge in [0.05, 0.1) is 13.2 Å². The van der Waals surface area contributed by atoms with Crippen LogP contribution in [0.4, 0.5) is 0 Å². The molecule has 294 valence electrons. The van der Waals surface area contributed by atoms with E-state index < -0.39 is 29.8 Å². The third-order valence-corrected chi connectivity index (χ3v) is 9.48. The van der Waals surface area contributed by atoms with Crippen molar-refractivity contribution in [2.24, 2.45) is 4.99 Å². The fourth-order valence-electron chi connectivity index (χ4n) is 6.24. The number of hydrogen-bond donors (Lipinski definition) is 1. The topological polar surface area (TPSA) is 125 Å². The number of rotatable bonds is 39. The van der Waals surface area contributed by atoms with Gasteiger partial charge in [0.1, 0.15) is 6.04 Å². The molecule has 0 bridgehead atoms. The van der Waals surface area contributed by atoms with E-state index in [2.05, 4.69) is 18.8 Å². The summed E-state index contributed by atoms with van der Waals surface area (Å²) in [5.41, 5.74) is 0. The number of hydrogen-bond acceptors (Lipinski definition) is 7. The second kappa shape index (κ2) is 41.6. The summed E-state index contributed by atoms with van der Waals surface area (Å²) in [4.78, 5) is 40.0. The summed E-state index contributed by atoms with van der Waals surface area (Å²) in [6, 6.07) is -1.08. The van der Waals surface area contributed by atoms with E-state index in [1.165, 1.54) is 141 Å². The molecule has 0 heterocycles. The van der Waals surface area contributed by atoms with Crippen LogP contribution < -0.4 is 34.7 Å². The quantitative estimate of drug-likeness (QED) is 0.0222. The number of carboxylic acid groups (broad SMARTS) is 1. The first-order valence-electron chi connectivity index (χ1n) is 21.2. The molecule has 1 N–H and O–H groups in total. The van der Waals surface area contributed by atoms with Crippen LogP contribution in [0.25, 0.3) is 0 Å². The Hall–Kier alpha value is -1.12. The Bertz CT molecular complexity index is 823. The van der Waals surface area contributed by atoms with Crippen LogP contribution in [-0.2, 0) is 23.9 Å². The number of carboxylic acids is 1. The average molecular weight is 732 g/mol. The zero-order valence-corrected chi connectivity index (χ0v) is 35.7. The number of esters is 2. The normalized spacial score (nSPS) is 12.0. The molecule has 0 spiro atoms. The van der Waals surface area contributed by atoms with E-state index in [0.717, 1.165) is 38.5 Å². The fraction of sp³-hybridized carbons (Fsp3) is 0.905. The molecule has 0 aromatic rings. The maximum atomic E-state index is 12.8. The molecule has 1 atom stereocenters. The smallest absolute Gasteiger partial charge is 0.862 e. The first-order valence-corrected chi connectivity index (χ1v) is 21.2. The molecular formula is C42H78NNaO7. The van der Waals surface area contributed by atoms with E-state index in [4.69, 9.17) is 14.6 Å². The van der Waals surface area contributed by atoms with Crippen LogP contribution in [0.5, 0.6) is 0 Å². The van der Waals surface area contributed by atoms with Gasteiger partial charge in [-0.25, -0.2) is 4.79 Å². The van der Waals surface area contributed by atoms with Crippen molar-refractivity contribution in [3.8, 4) is 0 Å². The Labute approximate surface area is 335 Å². The van der Waals surface area contributed by atoms with E-state index in [0.29, 0.717) is 6.61 Å². The van der Waals surface area contributed by atoms with Crippen LogP contribution >= 0.6 is 0 Å². The summed E-state index contributed by atoms with van der Waals surface area (Å²) in [5, 5.41) is 21.2. The minimum absolute atomic E-state index is 0. The summed E-state index contributed by atoms with van der Waals surface area (Å²) in [5.74, 6) is -2.53. The van der Waals surface area contributed by atoms with E-state index in [1.807, 2.05) is 0 Å². The van der Waals surface area contributed by atoms with Gasteiger partial charge in [-0.2, -0.15) is 0 Å². The zero-order chi connectivity index (χ0) is 36.8. The SMILES string of the molecule is CCCCCCCCCCCCCCCCOC(=O)CC[C@@H](N=C([O-])CCCC(=O)O)C(=O)OCCCCCCCCCCCCCCCC.[Na+]. The van der Waals surface area contributed by atoms with Crippen LogP contribution in [-0.4, -0.2) is 48.2 Å². The molecule has 0 unspecified atom stereocenters. The maximum absolute atomic E-state index is 12.8. The second-order valence-electron chi connectivity index (χ2n) is 14.4. The molecule has 0 aliphatic heterocycles. The van der Waals surface area contributed by atoms with Gasteiger partial charge < -0.3 is 19.7 Å². The molecule has 0 aliphatic rings. The molecule has 0 rings (SSSR count). The molecule has 0 saturated heterocycles. The van der Waals surface area contributed by atoms with E-state index in [-0.39, 0.29) is 68.3 Å². The number of carbonyl (C=O) groups excluding carboxylic acids is 2. The van der Waals surface area contributed by atoms with Gasteiger partial charge in [0.25, 0.3) is 0 Å². The van der Waals surface area contributed by atoms with Crippen LogP contribution in [0.1, 0.15) is 226 Å². The number of carbonyl (C=O) groups is 3. The summed E-state index contributed by atoms with van der Waals surface area (Å²) in [6.07, 6.45) is 35.0. The Morgan fingerprint density at radius 3 is 1.24 bits per heavy atom. The molecule has 0 fully saturated rings. The van der Waals surface area contributed by atoms with Crippen molar-refractivity contribution in [1.82, 2.24) is 0 Å². The van der Waals surface area contributed by atoms with Gasteiger partial charge in [0.15, 0.2) is 0 Å². The van der Waals surface area contributed by atoms with Crippen LogP contribution in [0.15, 0.2) is 4.99 Å². The van der Waals surface area contributed by atoms with Crippen molar-refractivity contribution >= 4 is 23.8 Å². The zero-order valence-electron chi connectivity index (χ0n) is 33.7. The monoisotopic (exact) mass is 732 g/mol. The van der Waals surface area contributed by atoms with Crippen molar-refractivity contribution < 1.29 is 63.6 Å². The van der Waals surface area contributed by atoms with Gasteiger partial charge >= 0.3 is 47.5 Å². The maximum Gasteiger partial charge on any atom is 1.00 e. The van der Waals surface area contributed by atoms with Crippen molar-refractivity contribution in [3.05, 3.63) is 0 Å². The molecule has 9 heteroatoms. The molecule has 8 nitrogen and oxygen atoms in total. The van der Waals surface area contributed by atoms with E-state index in [1.54, 1.807) is 0 Å². The summed E-state index contributed by atoms with van der Waals surface area (Å²) < 4.78 is 10.8. The van der Waals surface area contributed by atoms with Crippen molar-refractivity contribution in [2.45, 2.75) is 232 Å². The third kappa shape index (κ3) is 39.9. The Morgan fingerprint density at radius 1 is 0.510 bits per heavy atom. The van der Waals surface area contributed by atoms with E-state index >= 15 is 0 Å². The molecule has 0 aliphatic carbocycles. The van der Waals surface area contributed by atoms with Gasteiger partial charge in [-0.05, 0) is 38.0 Å². The van der Waals surface area contributed by atoms with E-state index in [9.17, 15) is 19.5 Å². The van der Waals surface area contributed by atoms with Crippen molar-refractivity contribution in [2.75, 3.05) is 13.2 Å². The van der Waals surface area contributed by atoms with Gasteiger partial charge in [0, 0.05) is 12.8 Å². The third-order valence-electron chi connectivity index (χ3n) is 9.48. The average Bonchev–Trinajstić information content (AvgIpc) is 3.09. The molecule has 0 aromatic carbocycles. The minimum atomic E-state index is -1.08. The Kier molecular flexibility index (Phi) is 42.4. The van der Waals surface area contributed by atoms with Crippen molar-refractivity contribution in [3.63, 3.8) is 0 Å². The van der Waals surface area contributed by atoms with Gasteiger partial charge in [-0.3, -0.25) is 14.6 Å². The Morgan fingerprint density at radius 2 is 0.863 bits per heavy atom. The van der Waals surface area contributed by atoms with Crippen LogP contribution in [0.3, 0.4) is 0 Å². The first-order chi connectivity index (χ1) is 24.4. The molecule has 0 aromatic heterocycles. The molecule has 0 amide bonds. The minimum Gasteiger partial charge on any atom is -0.862 e. The Balaban J connectivity index is 0. The second-order valence-corrected chi connectivity index (χ2v) is 14.4. The molecule has 0 radical (unpaired) electrons. The summed E-state index contributed by atoms with van der Waals surface area (Å²) >= 11 is 0. The van der Waals surface area contributed by atoms with Gasteiger partial charge in [-0.15, -0.1) is 0 Å². The first kappa shape index (κ1) is 52.0. The number of aliphatic imine (C=N–C) groups is 1. The predicted octanol–water partition coefficient (Wildman–Crippen LogP) is 8.20. The number of aliphatic carboxylic acids is 1. The fourth-order valence-corrected chi connectivity index (χ4v) is 6.24. The molecule has 0 saturated carbocycles. The van der Waals surface area contributed by atoms with Crippen molar-refractivity contribution in [1.29, 1.82) is 0 Å². The van der Waals surface area contributed by atoms with Gasteiger partial charge in [0.2, 0.25) is 0 Å². The number of ether oxygens (including phenoxy) is 2. The number of nitrogens with zero attached hydrogens (tertiary/aromatic N) is 1. The standard InChI is InChI=1S/C42H79NO7.Na/c1-3-5-7-9-11-13-15-17-19-21-23-25-27-29-36-49-41(47)35-34-38(43-39(44)32-31-33-40(45)46)42(48)50-37-30-28-26-24-22-20-18-16-14-12-10-8-6-4-2;/h38H,3-37H2,1-2H3,(H,43,44)(H,45,46);/q;+1/p-1/t38-;/m1./s1. The number of unbranched alkanes of at least 4 members (excludes halogenated alkanes) is 26. The summed E-state index contributed by atoms with van der Waals surface area (Å²) in [7, 11) is 0. The molecular weight excluding hydrogens is 653 g/mol. The van der Waals surface area contributed by atoms with Gasteiger partial charge in [-0.1, -0.05) is 181 Å². The van der Waals surface area contributed by atoms with Crippen LogP contribution in [0, 0.1) is 0 Å². The van der Waals surface area contributed by atoms with Crippen LogP contribution in [0.2, 0.25) is 0 Å². The largest absolute Gasteiger partial charge is 1.00 e. The predicted molar refractivity (Wildman–Crippen MR) is 204 cm³/mol.